The number of aromatic nitrogens is 1. The number of carboxylic acid groups (broad SMARTS) is 1. The molecule has 0 radical (unpaired) electrons. The Morgan fingerprint density at radius 1 is 0.886 bits per heavy atom. The number of carboxylic acids is 1. The molecule has 0 unspecified atom stereocenters. The summed E-state index contributed by atoms with van der Waals surface area (Å²) >= 11 is 0. The summed E-state index contributed by atoms with van der Waals surface area (Å²) in [6.07, 6.45) is 0.654. The quantitative estimate of drug-likeness (QED) is 0.312. The number of amides is 1. The SMILES string of the molecule is CCc1noc(-c2ccc(-c3ccc(CC(=O)O)cc3)cc2)c1NC(=O)OCCc1ccccc1. The Morgan fingerprint density at radius 2 is 1.51 bits per heavy atom. The van der Waals surface area contributed by atoms with Crippen LogP contribution in [-0.4, -0.2) is 28.9 Å². The lowest BCUT2D eigenvalue weighted by Crippen LogP contribution is -2.16. The molecule has 0 spiro atoms. The lowest BCUT2D eigenvalue weighted by molar-refractivity contribution is -0.136. The number of hydrogen-bond acceptors (Lipinski definition) is 5. The number of carbonyl (C=O) groups is 2. The van der Waals surface area contributed by atoms with Crippen LogP contribution < -0.4 is 5.32 Å². The molecule has 4 aromatic rings. The zero-order chi connectivity index (χ0) is 24.6. The van der Waals surface area contributed by atoms with Crippen molar-refractivity contribution in [3.05, 3.63) is 95.7 Å². The van der Waals surface area contributed by atoms with Crippen molar-refractivity contribution in [2.24, 2.45) is 0 Å². The van der Waals surface area contributed by atoms with Crippen molar-refractivity contribution in [3.8, 4) is 22.5 Å². The first-order valence-corrected chi connectivity index (χ1v) is 11.4. The summed E-state index contributed by atoms with van der Waals surface area (Å²) < 4.78 is 10.9. The van der Waals surface area contributed by atoms with Gasteiger partial charge in [-0.25, -0.2) is 4.79 Å². The summed E-state index contributed by atoms with van der Waals surface area (Å²) in [5, 5.41) is 15.8. The molecule has 0 bridgehead atoms. The van der Waals surface area contributed by atoms with Gasteiger partial charge in [0.05, 0.1) is 13.0 Å². The Bertz CT molecular complexity index is 1280. The molecule has 0 aliphatic carbocycles. The number of aryl methyl sites for hydroxylation is 1. The standard InChI is InChI=1S/C28H26N2O5/c1-2-24-26(29-28(33)34-17-16-19-6-4-3-5-7-19)27(35-30-24)23-14-12-22(13-15-23)21-10-8-20(9-11-21)18-25(31)32/h3-15H,2,16-18H2,1H3,(H,29,33)(H,31,32). The molecular weight excluding hydrogens is 444 g/mol. The number of nitrogens with zero attached hydrogens (tertiary/aromatic N) is 1. The van der Waals surface area contributed by atoms with E-state index in [9.17, 15) is 9.59 Å². The summed E-state index contributed by atoms with van der Waals surface area (Å²) in [6.45, 7) is 2.20. The monoisotopic (exact) mass is 470 g/mol. The predicted molar refractivity (Wildman–Crippen MR) is 133 cm³/mol. The minimum Gasteiger partial charge on any atom is -0.481 e. The summed E-state index contributed by atoms with van der Waals surface area (Å²) in [7, 11) is 0. The van der Waals surface area contributed by atoms with Crippen molar-refractivity contribution in [1.82, 2.24) is 5.16 Å². The van der Waals surface area contributed by atoms with E-state index in [4.69, 9.17) is 14.4 Å². The molecule has 0 fully saturated rings. The lowest BCUT2D eigenvalue weighted by Gasteiger charge is -2.09. The van der Waals surface area contributed by atoms with Crippen LogP contribution in [0.3, 0.4) is 0 Å². The van der Waals surface area contributed by atoms with Crippen molar-refractivity contribution < 1.29 is 24.0 Å². The number of anilines is 1. The number of carbonyl (C=O) groups excluding carboxylic acids is 1. The van der Waals surface area contributed by atoms with Crippen LogP contribution in [0.15, 0.2) is 83.4 Å². The Hall–Kier alpha value is -4.39. The number of aliphatic carboxylic acids is 1. The molecule has 4 rings (SSSR count). The van der Waals surface area contributed by atoms with E-state index in [1.165, 1.54) is 0 Å². The van der Waals surface area contributed by atoms with Crippen LogP contribution in [0.25, 0.3) is 22.5 Å². The van der Waals surface area contributed by atoms with Crippen LogP contribution in [0.1, 0.15) is 23.7 Å². The van der Waals surface area contributed by atoms with Crippen molar-refractivity contribution in [3.63, 3.8) is 0 Å². The van der Waals surface area contributed by atoms with Gasteiger partial charge in [-0.2, -0.15) is 0 Å². The Balaban J connectivity index is 1.44. The summed E-state index contributed by atoms with van der Waals surface area (Å²) in [4.78, 5) is 23.3. The molecule has 0 aliphatic rings. The van der Waals surface area contributed by atoms with Gasteiger partial charge >= 0.3 is 12.1 Å². The molecule has 0 saturated heterocycles. The largest absolute Gasteiger partial charge is 0.481 e. The van der Waals surface area contributed by atoms with E-state index in [0.717, 1.165) is 27.8 Å². The van der Waals surface area contributed by atoms with Crippen molar-refractivity contribution >= 4 is 17.7 Å². The molecule has 7 heteroatoms. The van der Waals surface area contributed by atoms with Crippen LogP contribution in [0, 0.1) is 0 Å². The third kappa shape index (κ3) is 6.14. The number of nitrogens with one attached hydrogen (secondary N) is 1. The van der Waals surface area contributed by atoms with Gasteiger partial charge in [-0.15, -0.1) is 0 Å². The minimum absolute atomic E-state index is 0.00502. The van der Waals surface area contributed by atoms with Crippen LogP contribution >= 0.6 is 0 Å². The molecule has 7 nitrogen and oxygen atoms in total. The molecule has 1 aromatic heterocycles. The lowest BCUT2D eigenvalue weighted by atomic mass is 10.0. The Kier molecular flexibility index (Phi) is 7.57. The summed E-state index contributed by atoms with van der Waals surface area (Å²) in [6, 6.07) is 24.9. The highest BCUT2D eigenvalue weighted by Crippen LogP contribution is 2.33. The van der Waals surface area contributed by atoms with E-state index in [0.29, 0.717) is 30.0 Å². The molecule has 35 heavy (non-hydrogen) atoms. The smallest absolute Gasteiger partial charge is 0.411 e. The summed E-state index contributed by atoms with van der Waals surface area (Å²) in [5.41, 5.74) is 5.69. The number of hydrogen-bond donors (Lipinski definition) is 2. The Morgan fingerprint density at radius 3 is 2.14 bits per heavy atom. The maximum absolute atomic E-state index is 12.4. The van der Waals surface area contributed by atoms with Crippen molar-refractivity contribution in [2.45, 2.75) is 26.2 Å². The van der Waals surface area contributed by atoms with Gasteiger partial charge in [0, 0.05) is 12.0 Å². The highest BCUT2D eigenvalue weighted by atomic mass is 16.5. The van der Waals surface area contributed by atoms with Gasteiger partial charge in [-0.1, -0.05) is 90.9 Å². The van der Waals surface area contributed by atoms with E-state index >= 15 is 0 Å². The summed E-state index contributed by atoms with van der Waals surface area (Å²) in [5.74, 6) is -0.393. The van der Waals surface area contributed by atoms with Gasteiger partial charge in [-0.05, 0) is 28.7 Å². The molecule has 0 atom stereocenters. The first kappa shape index (κ1) is 23.8. The van der Waals surface area contributed by atoms with Crippen LogP contribution in [0.2, 0.25) is 0 Å². The number of benzene rings is 3. The maximum atomic E-state index is 12.4. The van der Waals surface area contributed by atoms with Gasteiger partial charge in [-0.3, -0.25) is 10.1 Å². The first-order chi connectivity index (χ1) is 17.0. The third-order valence-corrected chi connectivity index (χ3v) is 5.58. The molecule has 1 amide bonds. The van der Waals surface area contributed by atoms with E-state index in [1.807, 2.05) is 85.8 Å². The second-order valence-electron chi connectivity index (χ2n) is 8.03. The van der Waals surface area contributed by atoms with E-state index in [1.54, 1.807) is 0 Å². The second-order valence-corrected chi connectivity index (χ2v) is 8.03. The van der Waals surface area contributed by atoms with Crippen LogP contribution in [-0.2, 0) is 28.8 Å². The fourth-order valence-corrected chi connectivity index (χ4v) is 3.74. The van der Waals surface area contributed by atoms with Gasteiger partial charge in [0.15, 0.2) is 5.76 Å². The molecule has 0 aliphatic heterocycles. The Labute approximate surface area is 203 Å². The maximum Gasteiger partial charge on any atom is 0.411 e. The topological polar surface area (TPSA) is 102 Å². The highest BCUT2D eigenvalue weighted by Gasteiger charge is 2.19. The van der Waals surface area contributed by atoms with Crippen molar-refractivity contribution in [1.29, 1.82) is 0 Å². The molecule has 0 saturated carbocycles. The predicted octanol–water partition coefficient (Wildman–Crippen LogP) is 5.99. The number of rotatable bonds is 9. The van der Waals surface area contributed by atoms with Gasteiger partial charge < -0.3 is 14.4 Å². The van der Waals surface area contributed by atoms with Gasteiger partial charge in [0.25, 0.3) is 0 Å². The average molecular weight is 471 g/mol. The van der Waals surface area contributed by atoms with Crippen molar-refractivity contribution in [2.75, 3.05) is 11.9 Å². The van der Waals surface area contributed by atoms with Crippen LogP contribution in [0.4, 0.5) is 10.5 Å². The molecule has 3 aromatic carbocycles. The number of ether oxygens (including phenoxy) is 1. The van der Waals surface area contributed by atoms with E-state index < -0.39 is 12.1 Å². The zero-order valence-electron chi connectivity index (χ0n) is 19.4. The fraction of sp³-hybridized carbons (Fsp3) is 0.179. The van der Waals surface area contributed by atoms with E-state index in [-0.39, 0.29) is 13.0 Å². The second kappa shape index (κ2) is 11.2. The first-order valence-electron chi connectivity index (χ1n) is 11.4. The minimum atomic E-state index is -0.856. The molecule has 1 heterocycles. The fourth-order valence-electron chi connectivity index (χ4n) is 3.74. The van der Waals surface area contributed by atoms with Gasteiger partial charge in [0.2, 0.25) is 0 Å². The van der Waals surface area contributed by atoms with Crippen LogP contribution in [0.5, 0.6) is 0 Å². The normalized spacial score (nSPS) is 10.7. The molecular formula is C28H26N2O5. The molecule has 178 valence electrons. The van der Waals surface area contributed by atoms with Gasteiger partial charge in [0.1, 0.15) is 11.4 Å². The molecule has 2 N–H and O–H groups in total. The third-order valence-electron chi connectivity index (χ3n) is 5.58. The highest BCUT2D eigenvalue weighted by molar-refractivity contribution is 5.91. The zero-order valence-corrected chi connectivity index (χ0v) is 19.4. The average Bonchev–Trinajstić information content (AvgIpc) is 3.27. The van der Waals surface area contributed by atoms with E-state index in [2.05, 4.69) is 10.5 Å².